The molecule has 5 heteroatoms. The van der Waals surface area contributed by atoms with Crippen molar-refractivity contribution in [2.45, 2.75) is 32.0 Å². The van der Waals surface area contributed by atoms with Gasteiger partial charge in [-0.15, -0.1) is 0 Å². The summed E-state index contributed by atoms with van der Waals surface area (Å²) in [6.45, 7) is 8.17. The van der Waals surface area contributed by atoms with E-state index in [0.29, 0.717) is 6.04 Å². The Morgan fingerprint density at radius 2 is 2.00 bits per heavy atom. The molecule has 0 bridgehead atoms. The third-order valence-electron chi connectivity index (χ3n) is 5.33. The van der Waals surface area contributed by atoms with Gasteiger partial charge in [0.25, 0.3) is 5.91 Å². The number of rotatable bonds is 3. The molecule has 0 aliphatic carbocycles. The maximum atomic E-state index is 12.7. The summed E-state index contributed by atoms with van der Waals surface area (Å²) >= 11 is 0. The quantitative estimate of drug-likeness (QED) is 0.866. The van der Waals surface area contributed by atoms with E-state index in [1.165, 1.54) is 17.5 Å². The minimum Gasteiger partial charge on any atom is -0.330 e. The Balaban J connectivity index is 1.47. The maximum absolute atomic E-state index is 12.7. The number of hydrogen-bond acceptors (Lipinski definition) is 4. The third-order valence-corrected chi connectivity index (χ3v) is 5.33. The van der Waals surface area contributed by atoms with Crippen LogP contribution in [0.15, 0.2) is 18.2 Å². The molecule has 1 atom stereocenters. The van der Waals surface area contributed by atoms with Gasteiger partial charge in [-0.25, -0.2) is 0 Å². The zero-order valence-electron chi connectivity index (χ0n) is 13.7. The van der Waals surface area contributed by atoms with Crippen LogP contribution in [-0.4, -0.2) is 61.0 Å². The van der Waals surface area contributed by atoms with E-state index in [2.05, 4.69) is 32.6 Å². The number of amides is 1. The molecule has 23 heavy (non-hydrogen) atoms. The van der Waals surface area contributed by atoms with E-state index >= 15 is 0 Å². The van der Waals surface area contributed by atoms with Crippen molar-refractivity contribution in [3.05, 3.63) is 34.9 Å². The van der Waals surface area contributed by atoms with E-state index in [1.54, 1.807) is 0 Å². The fourth-order valence-electron chi connectivity index (χ4n) is 4.02. The predicted molar refractivity (Wildman–Crippen MR) is 90.4 cm³/mol. The summed E-state index contributed by atoms with van der Waals surface area (Å²) in [6.07, 6.45) is 2.29. The second kappa shape index (κ2) is 6.59. The minimum atomic E-state index is 0.224. The van der Waals surface area contributed by atoms with Crippen molar-refractivity contribution in [3.63, 3.8) is 0 Å². The van der Waals surface area contributed by atoms with Crippen molar-refractivity contribution in [3.8, 4) is 0 Å². The van der Waals surface area contributed by atoms with Crippen LogP contribution in [-0.2, 0) is 13.1 Å². The van der Waals surface area contributed by atoms with Crippen LogP contribution in [0.4, 0.5) is 0 Å². The van der Waals surface area contributed by atoms with E-state index in [4.69, 9.17) is 0 Å². The lowest BCUT2D eigenvalue weighted by Crippen LogP contribution is -2.46. The molecule has 1 amide bonds. The Labute approximate surface area is 138 Å². The smallest absolute Gasteiger partial charge is 0.254 e. The molecule has 2 fully saturated rings. The van der Waals surface area contributed by atoms with E-state index in [-0.39, 0.29) is 5.91 Å². The molecule has 2 saturated heterocycles. The van der Waals surface area contributed by atoms with Crippen LogP contribution in [0.5, 0.6) is 0 Å². The van der Waals surface area contributed by atoms with E-state index < -0.39 is 0 Å². The first-order valence-corrected chi connectivity index (χ1v) is 8.88. The van der Waals surface area contributed by atoms with Gasteiger partial charge in [0.15, 0.2) is 0 Å². The fourth-order valence-corrected chi connectivity index (χ4v) is 4.02. The maximum Gasteiger partial charge on any atom is 0.254 e. The van der Waals surface area contributed by atoms with Gasteiger partial charge in [0, 0.05) is 57.4 Å². The number of carbonyl (C=O) groups excluding carboxylic acids is 1. The Morgan fingerprint density at radius 1 is 1.13 bits per heavy atom. The first-order chi connectivity index (χ1) is 11.3. The lowest BCUT2D eigenvalue weighted by atomic mass is 10.1. The SMILES string of the molecule is O=C1c2ccc(CN3CCNCC3)cc2CN1C1CCCNC1. The van der Waals surface area contributed by atoms with Gasteiger partial charge in [0.1, 0.15) is 0 Å². The van der Waals surface area contributed by atoms with Crippen LogP contribution >= 0.6 is 0 Å². The third kappa shape index (κ3) is 3.13. The number of carbonyl (C=O) groups is 1. The molecule has 0 spiro atoms. The fraction of sp³-hybridized carbons (Fsp3) is 0.611. The van der Waals surface area contributed by atoms with Gasteiger partial charge < -0.3 is 15.5 Å². The molecular weight excluding hydrogens is 288 g/mol. The highest BCUT2D eigenvalue weighted by Gasteiger charge is 2.33. The highest BCUT2D eigenvalue weighted by molar-refractivity contribution is 5.98. The highest BCUT2D eigenvalue weighted by Crippen LogP contribution is 2.28. The first-order valence-electron chi connectivity index (χ1n) is 8.88. The van der Waals surface area contributed by atoms with Gasteiger partial charge >= 0.3 is 0 Å². The lowest BCUT2D eigenvalue weighted by Gasteiger charge is -2.31. The van der Waals surface area contributed by atoms with Crippen LogP contribution in [0.2, 0.25) is 0 Å². The summed E-state index contributed by atoms with van der Waals surface area (Å²) in [4.78, 5) is 17.2. The topological polar surface area (TPSA) is 47.6 Å². The monoisotopic (exact) mass is 314 g/mol. The summed E-state index contributed by atoms with van der Waals surface area (Å²) in [7, 11) is 0. The van der Waals surface area contributed by atoms with Crippen molar-refractivity contribution < 1.29 is 4.79 Å². The van der Waals surface area contributed by atoms with E-state index in [1.807, 2.05) is 6.07 Å². The van der Waals surface area contributed by atoms with Crippen LogP contribution in [0.1, 0.15) is 34.3 Å². The van der Waals surface area contributed by atoms with Gasteiger partial charge in [-0.3, -0.25) is 9.69 Å². The van der Waals surface area contributed by atoms with Gasteiger partial charge in [-0.05, 0) is 36.6 Å². The number of benzene rings is 1. The normalized spacial score (nSPS) is 25.7. The van der Waals surface area contributed by atoms with Gasteiger partial charge in [-0.2, -0.15) is 0 Å². The molecule has 3 heterocycles. The van der Waals surface area contributed by atoms with E-state index in [0.717, 1.165) is 64.3 Å². The van der Waals surface area contributed by atoms with Crippen molar-refractivity contribution in [1.29, 1.82) is 0 Å². The van der Waals surface area contributed by atoms with Crippen LogP contribution in [0.25, 0.3) is 0 Å². The number of piperazine rings is 1. The van der Waals surface area contributed by atoms with Gasteiger partial charge in [0.05, 0.1) is 0 Å². The Hall–Kier alpha value is -1.43. The van der Waals surface area contributed by atoms with Crippen molar-refractivity contribution >= 4 is 5.91 Å². The molecule has 3 aliphatic heterocycles. The molecule has 2 N–H and O–H groups in total. The summed E-state index contributed by atoms with van der Waals surface area (Å²) in [6, 6.07) is 6.80. The molecule has 0 saturated carbocycles. The predicted octanol–water partition coefficient (Wildman–Crippen LogP) is 0.800. The van der Waals surface area contributed by atoms with E-state index in [9.17, 15) is 4.79 Å². The van der Waals surface area contributed by atoms with Crippen molar-refractivity contribution in [2.24, 2.45) is 0 Å². The molecule has 0 aromatic heterocycles. The molecular formula is C18H26N4O. The number of hydrogen-bond donors (Lipinski definition) is 2. The minimum absolute atomic E-state index is 0.224. The molecule has 0 radical (unpaired) electrons. The Morgan fingerprint density at radius 3 is 2.78 bits per heavy atom. The van der Waals surface area contributed by atoms with Crippen LogP contribution in [0.3, 0.4) is 0 Å². The second-order valence-corrected chi connectivity index (χ2v) is 6.95. The standard InChI is InChI=1S/C18H26N4O/c23-18-17-4-3-14(12-21-8-6-19-7-9-21)10-15(17)13-22(18)16-2-1-5-20-11-16/h3-4,10,16,19-20H,1-2,5-9,11-13H2. The largest absolute Gasteiger partial charge is 0.330 e. The average Bonchev–Trinajstić information content (AvgIpc) is 2.93. The molecule has 1 unspecified atom stereocenters. The number of fused-ring (bicyclic) bond motifs is 1. The van der Waals surface area contributed by atoms with Crippen LogP contribution < -0.4 is 10.6 Å². The average molecular weight is 314 g/mol. The highest BCUT2D eigenvalue weighted by atomic mass is 16.2. The molecule has 1 aromatic carbocycles. The molecule has 4 rings (SSSR count). The zero-order valence-corrected chi connectivity index (χ0v) is 13.7. The summed E-state index contributed by atoms with van der Waals surface area (Å²) in [5.41, 5.74) is 3.47. The number of nitrogens with zero attached hydrogens (tertiary/aromatic N) is 2. The first kappa shape index (κ1) is 15.1. The molecule has 5 nitrogen and oxygen atoms in total. The molecule has 124 valence electrons. The summed E-state index contributed by atoms with van der Waals surface area (Å²) < 4.78 is 0. The van der Waals surface area contributed by atoms with Crippen LogP contribution in [0, 0.1) is 0 Å². The number of piperidine rings is 1. The van der Waals surface area contributed by atoms with Crippen molar-refractivity contribution in [2.75, 3.05) is 39.3 Å². The Kier molecular flexibility index (Phi) is 4.33. The molecule has 1 aromatic rings. The summed E-state index contributed by atoms with van der Waals surface area (Å²) in [5, 5.41) is 6.81. The summed E-state index contributed by atoms with van der Waals surface area (Å²) in [5.74, 6) is 0.224. The second-order valence-electron chi connectivity index (χ2n) is 6.95. The van der Waals surface area contributed by atoms with Crippen molar-refractivity contribution in [1.82, 2.24) is 20.4 Å². The Bertz CT molecular complexity index is 576. The zero-order chi connectivity index (χ0) is 15.6. The number of nitrogens with one attached hydrogen (secondary N) is 2. The lowest BCUT2D eigenvalue weighted by molar-refractivity contribution is 0.0674. The molecule has 3 aliphatic rings. The van der Waals surface area contributed by atoms with Gasteiger partial charge in [0.2, 0.25) is 0 Å². The van der Waals surface area contributed by atoms with Gasteiger partial charge in [-0.1, -0.05) is 12.1 Å².